The van der Waals surface area contributed by atoms with Gasteiger partial charge in [-0.15, -0.1) is 0 Å². The van der Waals surface area contributed by atoms with E-state index in [1.54, 1.807) is 18.6 Å². The summed E-state index contributed by atoms with van der Waals surface area (Å²) in [5.41, 5.74) is 1.45. The summed E-state index contributed by atoms with van der Waals surface area (Å²) < 4.78 is 0. The molecule has 3 N–H and O–H groups in total. The van der Waals surface area contributed by atoms with Gasteiger partial charge in [0, 0.05) is 42.1 Å². The van der Waals surface area contributed by atoms with Crippen molar-refractivity contribution in [2.45, 2.75) is 38.3 Å². The van der Waals surface area contributed by atoms with E-state index in [2.05, 4.69) is 30.6 Å². The first-order valence-electron chi connectivity index (χ1n) is 9.54. The third kappa shape index (κ3) is 4.48. The number of rotatable bonds is 6. The molecule has 7 nitrogen and oxygen atoms in total. The van der Waals surface area contributed by atoms with E-state index in [1.807, 2.05) is 18.2 Å². The van der Waals surface area contributed by atoms with E-state index in [0.29, 0.717) is 23.1 Å². The minimum atomic E-state index is -0.0356. The minimum absolute atomic E-state index is 0.0356. The van der Waals surface area contributed by atoms with Gasteiger partial charge in [-0.2, -0.15) is 0 Å². The van der Waals surface area contributed by atoms with Crippen LogP contribution in [0, 0.1) is 5.92 Å². The fraction of sp³-hybridized carbons (Fsp3) is 0.400. The zero-order valence-corrected chi connectivity index (χ0v) is 16.2. The van der Waals surface area contributed by atoms with Gasteiger partial charge < -0.3 is 15.7 Å². The maximum atomic E-state index is 9.04. The summed E-state index contributed by atoms with van der Waals surface area (Å²) in [4.78, 5) is 17.2. The lowest BCUT2D eigenvalue weighted by Gasteiger charge is -2.29. The van der Waals surface area contributed by atoms with Gasteiger partial charge >= 0.3 is 0 Å². The summed E-state index contributed by atoms with van der Waals surface area (Å²) in [6.45, 7) is 0.826. The van der Waals surface area contributed by atoms with Crippen molar-refractivity contribution < 1.29 is 5.11 Å². The number of hydrogen-bond acceptors (Lipinski definition) is 7. The highest BCUT2D eigenvalue weighted by molar-refractivity contribution is 6.33. The number of halogens is 1. The standard InChI is InChI=1S/C20H23ClN6O/c21-19-18-15(7-8-22-19)3-6-17(27-18)26-16-4-1-13(2-5-16)9-23-20-24-10-14(12-28)11-25-20/h3,6-8,10-11,13,16,28H,1-2,4-5,9,12H2,(H,26,27)(H,23,24,25). The van der Waals surface area contributed by atoms with E-state index in [0.717, 1.165) is 54.5 Å². The van der Waals surface area contributed by atoms with Gasteiger partial charge in [0.1, 0.15) is 11.3 Å². The molecule has 146 valence electrons. The number of aliphatic hydroxyl groups excluding tert-OH is 1. The molecule has 1 aliphatic carbocycles. The molecule has 0 amide bonds. The Kier molecular flexibility index (Phi) is 5.83. The number of aliphatic hydroxyl groups is 1. The summed E-state index contributed by atoms with van der Waals surface area (Å²) in [5.74, 6) is 2.06. The molecule has 0 aliphatic heterocycles. The maximum Gasteiger partial charge on any atom is 0.222 e. The highest BCUT2D eigenvalue weighted by Gasteiger charge is 2.21. The van der Waals surface area contributed by atoms with Crippen molar-refractivity contribution in [3.8, 4) is 0 Å². The molecule has 0 unspecified atom stereocenters. The molecule has 0 radical (unpaired) electrons. The number of hydrogen-bond donors (Lipinski definition) is 3. The zero-order chi connectivity index (χ0) is 19.3. The van der Waals surface area contributed by atoms with E-state index in [4.69, 9.17) is 16.7 Å². The molecule has 8 heteroatoms. The fourth-order valence-corrected chi connectivity index (χ4v) is 3.79. The largest absolute Gasteiger partial charge is 0.392 e. The second kappa shape index (κ2) is 8.67. The molecule has 0 aromatic carbocycles. The summed E-state index contributed by atoms with van der Waals surface area (Å²) in [6.07, 6.45) is 9.45. The highest BCUT2D eigenvalue weighted by atomic mass is 35.5. The lowest BCUT2D eigenvalue weighted by Crippen LogP contribution is -2.29. The molecule has 0 atom stereocenters. The number of pyridine rings is 2. The van der Waals surface area contributed by atoms with Gasteiger partial charge in [-0.25, -0.2) is 19.9 Å². The predicted octanol–water partition coefficient (Wildman–Crippen LogP) is 3.65. The average Bonchev–Trinajstić information content (AvgIpc) is 2.74. The Hall–Kier alpha value is -2.51. The van der Waals surface area contributed by atoms with Gasteiger partial charge in [0.15, 0.2) is 5.15 Å². The van der Waals surface area contributed by atoms with Crippen LogP contribution in [0.25, 0.3) is 10.9 Å². The Morgan fingerprint density at radius 1 is 1.04 bits per heavy atom. The Morgan fingerprint density at radius 3 is 2.57 bits per heavy atom. The van der Waals surface area contributed by atoms with Crippen LogP contribution in [-0.2, 0) is 6.61 Å². The zero-order valence-electron chi connectivity index (χ0n) is 15.5. The van der Waals surface area contributed by atoms with Gasteiger partial charge in [0.25, 0.3) is 0 Å². The first-order chi connectivity index (χ1) is 13.7. The van der Waals surface area contributed by atoms with Crippen LogP contribution in [0.2, 0.25) is 5.15 Å². The molecule has 3 aromatic rings. The van der Waals surface area contributed by atoms with Crippen molar-refractivity contribution in [1.82, 2.24) is 19.9 Å². The number of nitrogens with zero attached hydrogens (tertiary/aromatic N) is 4. The van der Waals surface area contributed by atoms with E-state index in [9.17, 15) is 0 Å². The summed E-state index contributed by atoms with van der Waals surface area (Å²) >= 11 is 6.16. The Labute approximate surface area is 168 Å². The molecular formula is C20H23ClN6O. The van der Waals surface area contributed by atoms with Crippen LogP contribution in [0.15, 0.2) is 36.8 Å². The van der Waals surface area contributed by atoms with Crippen molar-refractivity contribution >= 4 is 34.3 Å². The SMILES string of the molecule is OCc1cnc(NCC2CCC(Nc3ccc4ccnc(Cl)c4n3)CC2)nc1. The summed E-state index contributed by atoms with van der Waals surface area (Å²) in [6, 6.07) is 6.35. The Morgan fingerprint density at radius 2 is 1.82 bits per heavy atom. The molecule has 0 spiro atoms. The van der Waals surface area contributed by atoms with Crippen molar-refractivity contribution in [2.75, 3.05) is 17.2 Å². The summed E-state index contributed by atoms with van der Waals surface area (Å²) in [5, 5.41) is 17.3. The van der Waals surface area contributed by atoms with Crippen LogP contribution in [0.4, 0.5) is 11.8 Å². The molecule has 28 heavy (non-hydrogen) atoms. The van der Waals surface area contributed by atoms with Crippen molar-refractivity contribution in [1.29, 1.82) is 0 Å². The van der Waals surface area contributed by atoms with Crippen LogP contribution in [0.5, 0.6) is 0 Å². The second-order valence-electron chi connectivity index (χ2n) is 7.19. The van der Waals surface area contributed by atoms with Gasteiger partial charge in [-0.3, -0.25) is 0 Å². The number of anilines is 2. The first-order valence-corrected chi connectivity index (χ1v) is 9.92. The Bertz CT molecular complexity index is 928. The average molecular weight is 399 g/mol. The predicted molar refractivity (Wildman–Crippen MR) is 110 cm³/mol. The van der Waals surface area contributed by atoms with E-state index in [1.165, 1.54) is 0 Å². The van der Waals surface area contributed by atoms with E-state index in [-0.39, 0.29) is 6.61 Å². The normalized spacial score (nSPS) is 19.5. The third-order valence-electron chi connectivity index (χ3n) is 5.20. The minimum Gasteiger partial charge on any atom is -0.392 e. The molecule has 3 heterocycles. The van der Waals surface area contributed by atoms with Crippen molar-refractivity contribution in [3.63, 3.8) is 0 Å². The van der Waals surface area contributed by atoms with Crippen LogP contribution < -0.4 is 10.6 Å². The monoisotopic (exact) mass is 398 g/mol. The lowest BCUT2D eigenvalue weighted by atomic mass is 9.86. The molecule has 0 saturated heterocycles. The van der Waals surface area contributed by atoms with E-state index >= 15 is 0 Å². The van der Waals surface area contributed by atoms with E-state index < -0.39 is 0 Å². The van der Waals surface area contributed by atoms with Crippen LogP contribution in [-0.4, -0.2) is 37.6 Å². The fourth-order valence-electron chi connectivity index (χ4n) is 3.58. The second-order valence-corrected chi connectivity index (χ2v) is 7.54. The van der Waals surface area contributed by atoms with Gasteiger partial charge in [-0.05, 0) is 49.8 Å². The molecule has 4 rings (SSSR count). The quantitative estimate of drug-likeness (QED) is 0.545. The van der Waals surface area contributed by atoms with Crippen LogP contribution in [0.1, 0.15) is 31.2 Å². The summed E-state index contributed by atoms with van der Waals surface area (Å²) in [7, 11) is 0. The number of aromatic nitrogens is 4. The first kappa shape index (κ1) is 18.8. The van der Waals surface area contributed by atoms with Crippen molar-refractivity contribution in [2.24, 2.45) is 5.92 Å². The van der Waals surface area contributed by atoms with Gasteiger partial charge in [0.2, 0.25) is 5.95 Å². The molecule has 3 aromatic heterocycles. The molecule has 1 fully saturated rings. The van der Waals surface area contributed by atoms with Gasteiger partial charge in [-0.1, -0.05) is 11.6 Å². The van der Waals surface area contributed by atoms with Crippen LogP contribution >= 0.6 is 11.6 Å². The highest BCUT2D eigenvalue weighted by Crippen LogP contribution is 2.27. The third-order valence-corrected chi connectivity index (χ3v) is 5.48. The van der Waals surface area contributed by atoms with Gasteiger partial charge in [0.05, 0.1) is 6.61 Å². The van der Waals surface area contributed by atoms with Crippen LogP contribution in [0.3, 0.4) is 0 Å². The lowest BCUT2D eigenvalue weighted by molar-refractivity contribution is 0.281. The molecule has 1 saturated carbocycles. The van der Waals surface area contributed by atoms with Crippen molar-refractivity contribution in [3.05, 3.63) is 47.5 Å². The molecule has 0 bridgehead atoms. The smallest absolute Gasteiger partial charge is 0.222 e. The number of fused-ring (bicyclic) bond motifs is 1. The number of nitrogens with one attached hydrogen (secondary N) is 2. The topological polar surface area (TPSA) is 95.9 Å². The molecule has 1 aliphatic rings. The maximum absolute atomic E-state index is 9.04. The Balaban J connectivity index is 1.27. The molecular weight excluding hydrogens is 376 g/mol.